The smallest absolute Gasteiger partial charge is 0.410 e. The Morgan fingerprint density at radius 3 is 2.62 bits per heavy atom. The third kappa shape index (κ3) is 5.95. The fraction of sp³-hybridized carbons (Fsp3) is 0.571. The molecule has 0 aliphatic carbocycles. The van der Waals surface area contributed by atoms with Gasteiger partial charge < -0.3 is 24.1 Å². The maximum Gasteiger partial charge on any atom is 0.410 e. The standard InChI is InChI=1S/C28H39N3O6S2Si/c1-9-12-36-28(35)30-11-10-18(13-20(30)15(2)3)19-14-38-27(29-19)39-24-16(4)22-21(17(5)37-40(6,7)8)25(32)31(22)23(24)26(33)34/h9,13-17,20-22H,1,10-12H2,2-8H3,(H,33,34)/t16-,17-,20-,21-,22-/m1/s1. The Morgan fingerprint density at radius 1 is 1.32 bits per heavy atom. The maximum atomic E-state index is 13.2. The molecule has 218 valence electrons. The second kappa shape index (κ2) is 11.8. The first-order chi connectivity index (χ1) is 18.7. The first kappa shape index (κ1) is 30.5. The van der Waals surface area contributed by atoms with Gasteiger partial charge in [0.2, 0.25) is 5.91 Å². The molecule has 0 saturated carbocycles. The summed E-state index contributed by atoms with van der Waals surface area (Å²) in [7, 11) is -1.87. The number of nitrogens with zero attached hydrogens (tertiary/aromatic N) is 3. The van der Waals surface area contributed by atoms with Crippen LogP contribution in [0.15, 0.2) is 39.1 Å². The van der Waals surface area contributed by atoms with Gasteiger partial charge in [0, 0.05) is 22.7 Å². The number of ether oxygens (including phenoxy) is 1. The molecule has 4 heterocycles. The summed E-state index contributed by atoms with van der Waals surface area (Å²) in [6.07, 6.45) is 3.66. The molecule has 9 nitrogen and oxygen atoms in total. The number of β-lactam (4-membered cyclic amide) rings is 1. The molecule has 1 aromatic rings. The minimum Gasteiger partial charge on any atom is -0.477 e. The van der Waals surface area contributed by atoms with E-state index in [1.165, 1.54) is 28.0 Å². The van der Waals surface area contributed by atoms with Gasteiger partial charge in [-0.2, -0.15) is 0 Å². The van der Waals surface area contributed by atoms with Crippen molar-refractivity contribution in [2.24, 2.45) is 17.8 Å². The highest BCUT2D eigenvalue weighted by atomic mass is 32.2. The van der Waals surface area contributed by atoms with E-state index in [0.29, 0.717) is 17.9 Å². The number of thiazole rings is 1. The van der Waals surface area contributed by atoms with Crippen LogP contribution in [0.25, 0.3) is 5.57 Å². The predicted octanol–water partition coefficient (Wildman–Crippen LogP) is 5.68. The summed E-state index contributed by atoms with van der Waals surface area (Å²) in [5.41, 5.74) is 1.94. The molecule has 0 unspecified atom stereocenters. The lowest BCUT2D eigenvalue weighted by Gasteiger charge is -2.48. The molecular formula is C28H39N3O6S2Si. The van der Waals surface area contributed by atoms with E-state index < -0.39 is 14.3 Å². The number of fused-ring (bicyclic) bond motifs is 1. The molecular weight excluding hydrogens is 567 g/mol. The van der Waals surface area contributed by atoms with Crippen LogP contribution in [-0.4, -0.2) is 77.5 Å². The lowest BCUT2D eigenvalue weighted by molar-refractivity contribution is -0.162. The molecule has 0 radical (unpaired) electrons. The summed E-state index contributed by atoms with van der Waals surface area (Å²) in [5, 5.41) is 12.1. The van der Waals surface area contributed by atoms with E-state index in [1.807, 2.05) is 19.2 Å². The molecule has 2 amide bonds. The van der Waals surface area contributed by atoms with E-state index in [0.717, 1.165) is 15.6 Å². The number of hydrogen-bond donors (Lipinski definition) is 1. The van der Waals surface area contributed by atoms with Gasteiger partial charge >= 0.3 is 12.1 Å². The number of rotatable bonds is 10. The Morgan fingerprint density at radius 2 is 2.02 bits per heavy atom. The van der Waals surface area contributed by atoms with Gasteiger partial charge in [-0.25, -0.2) is 14.6 Å². The third-order valence-electron chi connectivity index (χ3n) is 7.44. The first-order valence-electron chi connectivity index (χ1n) is 13.6. The molecule has 1 N–H and O–H groups in total. The van der Waals surface area contributed by atoms with Crippen LogP contribution in [0.2, 0.25) is 19.6 Å². The largest absolute Gasteiger partial charge is 0.477 e. The van der Waals surface area contributed by atoms with Gasteiger partial charge in [0.15, 0.2) is 12.7 Å². The fourth-order valence-corrected chi connectivity index (χ4v) is 9.16. The van der Waals surface area contributed by atoms with Crippen LogP contribution in [0.5, 0.6) is 0 Å². The van der Waals surface area contributed by atoms with E-state index >= 15 is 0 Å². The van der Waals surface area contributed by atoms with Crippen LogP contribution in [0.4, 0.5) is 4.79 Å². The Kier molecular flexibility index (Phi) is 9.03. The number of aromatic nitrogens is 1. The van der Waals surface area contributed by atoms with Crippen LogP contribution < -0.4 is 0 Å². The van der Waals surface area contributed by atoms with Crippen LogP contribution >= 0.6 is 23.1 Å². The number of carboxylic acid groups (broad SMARTS) is 1. The lowest BCUT2D eigenvalue weighted by Crippen LogP contribution is -2.64. The van der Waals surface area contributed by atoms with Crippen molar-refractivity contribution >= 4 is 55.0 Å². The average molecular weight is 606 g/mol. The molecule has 1 aromatic heterocycles. The number of aliphatic carboxylic acids is 1. The monoisotopic (exact) mass is 605 g/mol. The van der Waals surface area contributed by atoms with Crippen molar-refractivity contribution in [3.63, 3.8) is 0 Å². The van der Waals surface area contributed by atoms with Gasteiger partial charge in [0.05, 0.1) is 29.8 Å². The zero-order chi connectivity index (χ0) is 29.5. The topological polar surface area (TPSA) is 109 Å². The van der Waals surface area contributed by atoms with Gasteiger partial charge in [-0.1, -0.05) is 51.3 Å². The Bertz CT molecular complexity index is 1250. The highest BCUT2D eigenvalue weighted by molar-refractivity contribution is 8.04. The minimum atomic E-state index is -1.87. The summed E-state index contributed by atoms with van der Waals surface area (Å²) in [6.45, 7) is 18.6. The predicted molar refractivity (Wildman–Crippen MR) is 159 cm³/mol. The van der Waals surface area contributed by atoms with Gasteiger partial charge in [-0.15, -0.1) is 11.3 Å². The quantitative estimate of drug-likeness (QED) is 0.206. The van der Waals surface area contributed by atoms with E-state index in [1.54, 1.807) is 11.0 Å². The van der Waals surface area contributed by atoms with Crippen molar-refractivity contribution in [1.29, 1.82) is 0 Å². The van der Waals surface area contributed by atoms with Gasteiger partial charge in [-0.3, -0.25) is 4.79 Å². The molecule has 3 aliphatic heterocycles. The molecule has 12 heteroatoms. The Balaban J connectivity index is 1.54. The minimum absolute atomic E-state index is 0.0612. The van der Waals surface area contributed by atoms with Crippen molar-refractivity contribution in [3.05, 3.63) is 40.4 Å². The maximum absolute atomic E-state index is 13.2. The molecule has 0 aromatic carbocycles. The molecule has 0 bridgehead atoms. The van der Waals surface area contributed by atoms with Crippen molar-refractivity contribution < 1.29 is 28.7 Å². The van der Waals surface area contributed by atoms with E-state index in [9.17, 15) is 19.5 Å². The van der Waals surface area contributed by atoms with Crippen molar-refractivity contribution in [3.8, 4) is 0 Å². The lowest BCUT2D eigenvalue weighted by atomic mass is 9.79. The third-order valence-corrected chi connectivity index (χ3v) is 10.7. The number of carboxylic acids is 1. The summed E-state index contributed by atoms with van der Waals surface area (Å²) < 4.78 is 12.2. The van der Waals surface area contributed by atoms with E-state index in [-0.39, 0.29) is 60.2 Å². The number of hydrogen-bond acceptors (Lipinski definition) is 8. The normalized spacial score (nSPS) is 25.5. The van der Waals surface area contributed by atoms with Gasteiger partial charge in [-0.05, 0) is 44.5 Å². The molecule has 1 saturated heterocycles. The van der Waals surface area contributed by atoms with Crippen molar-refractivity contribution in [1.82, 2.24) is 14.8 Å². The van der Waals surface area contributed by atoms with Crippen LogP contribution in [0, 0.1) is 17.8 Å². The molecule has 4 rings (SSSR count). The Hall–Kier alpha value is -2.41. The first-order valence-corrected chi connectivity index (χ1v) is 18.7. The van der Waals surface area contributed by atoms with E-state index in [2.05, 4.69) is 46.1 Å². The SMILES string of the molecule is C=CCOC(=O)N1CCC(c2csc(SC3=C(C(=O)O)N4C(=O)[C@H]([C@@H](C)O[Si](C)(C)C)[C@H]4[C@H]3C)n2)=C[C@@H]1C(C)C. The molecule has 3 aliphatic rings. The van der Waals surface area contributed by atoms with Gasteiger partial charge in [0.25, 0.3) is 0 Å². The van der Waals surface area contributed by atoms with Crippen molar-refractivity contribution in [2.75, 3.05) is 13.2 Å². The summed E-state index contributed by atoms with van der Waals surface area (Å²) in [6, 6.07) is -0.353. The highest BCUT2D eigenvalue weighted by Crippen LogP contribution is 2.53. The number of amides is 2. The van der Waals surface area contributed by atoms with Crippen LogP contribution in [-0.2, 0) is 18.8 Å². The number of carbonyl (C=O) groups excluding carboxylic acids is 2. The molecule has 5 atom stereocenters. The zero-order valence-electron chi connectivity index (χ0n) is 24.2. The van der Waals surface area contributed by atoms with E-state index in [4.69, 9.17) is 14.1 Å². The molecule has 0 spiro atoms. The number of carbonyl (C=O) groups is 3. The van der Waals surface area contributed by atoms with Crippen LogP contribution in [0.1, 0.15) is 39.8 Å². The highest BCUT2D eigenvalue weighted by Gasteiger charge is 2.60. The second-order valence-electron chi connectivity index (χ2n) is 11.8. The van der Waals surface area contributed by atoms with Crippen LogP contribution in [0.3, 0.4) is 0 Å². The van der Waals surface area contributed by atoms with Crippen molar-refractivity contribution in [2.45, 2.75) is 76.3 Å². The summed E-state index contributed by atoms with van der Waals surface area (Å²) >= 11 is 2.79. The van der Waals surface area contributed by atoms with Gasteiger partial charge in [0.1, 0.15) is 12.3 Å². The zero-order valence-corrected chi connectivity index (χ0v) is 26.8. The Labute approximate surface area is 245 Å². The number of thioether (sulfide) groups is 1. The molecule has 40 heavy (non-hydrogen) atoms. The second-order valence-corrected chi connectivity index (χ2v) is 18.4. The average Bonchev–Trinajstić information content (AvgIpc) is 3.42. The fourth-order valence-electron chi connectivity index (χ4n) is 5.78. The molecule has 1 fully saturated rings. The summed E-state index contributed by atoms with van der Waals surface area (Å²) in [5.74, 6) is -1.60. The summed E-state index contributed by atoms with van der Waals surface area (Å²) in [4.78, 5) is 46.7.